The Labute approximate surface area is 161 Å². The lowest BCUT2D eigenvalue weighted by molar-refractivity contribution is -0.125. The number of para-hydroxylation sites is 1. The first-order valence-corrected chi connectivity index (χ1v) is 9.25. The van der Waals surface area contributed by atoms with E-state index in [1.807, 2.05) is 19.1 Å². The summed E-state index contributed by atoms with van der Waals surface area (Å²) >= 11 is 0. The molecule has 1 aliphatic heterocycles. The highest BCUT2D eigenvalue weighted by Gasteiger charge is 2.38. The number of alkyl halides is 1. The fraction of sp³-hybridized carbons (Fsp3) is 0.286. The van der Waals surface area contributed by atoms with Crippen LogP contribution in [0.1, 0.15) is 24.1 Å². The van der Waals surface area contributed by atoms with Crippen molar-refractivity contribution in [1.82, 2.24) is 20.1 Å². The van der Waals surface area contributed by atoms with Gasteiger partial charge in [0.05, 0.1) is 18.2 Å². The van der Waals surface area contributed by atoms with Gasteiger partial charge >= 0.3 is 0 Å². The molecule has 0 radical (unpaired) electrons. The van der Waals surface area contributed by atoms with Gasteiger partial charge in [-0.3, -0.25) is 4.79 Å². The minimum absolute atomic E-state index is 0.0584. The van der Waals surface area contributed by atoms with Crippen molar-refractivity contribution in [1.29, 1.82) is 0 Å². The van der Waals surface area contributed by atoms with Crippen LogP contribution in [0.25, 0.3) is 22.3 Å². The van der Waals surface area contributed by atoms with E-state index in [4.69, 9.17) is 0 Å². The second kappa shape index (κ2) is 7.07. The van der Waals surface area contributed by atoms with Gasteiger partial charge in [0.2, 0.25) is 5.91 Å². The van der Waals surface area contributed by atoms with Crippen LogP contribution in [-0.2, 0) is 11.2 Å². The minimum Gasteiger partial charge on any atom is -0.507 e. The molecule has 28 heavy (non-hydrogen) atoms. The van der Waals surface area contributed by atoms with Crippen molar-refractivity contribution < 1.29 is 14.3 Å². The number of H-pyrrole nitrogens is 1. The third-order valence-electron chi connectivity index (χ3n) is 5.34. The molecule has 1 aromatic carbocycles. The lowest BCUT2D eigenvalue weighted by Gasteiger charge is -2.14. The Bertz CT molecular complexity index is 1060. The Morgan fingerprint density at radius 2 is 2.18 bits per heavy atom. The third-order valence-corrected chi connectivity index (χ3v) is 5.34. The number of aromatic hydroxyl groups is 1. The molecule has 1 saturated heterocycles. The van der Waals surface area contributed by atoms with Crippen LogP contribution in [0.3, 0.4) is 0 Å². The molecular weight excluding hydrogens is 359 g/mol. The summed E-state index contributed by atoms with van der Waals surface area (Å²) in [6.07, 6.45) is 0.734. The third kappa shape index (κ3) is 2.93. The van der Waals surface area contributed by atoms with Gasteiger partial charge < -0.3 is 15.0 Å². The Hall–Kier alpha value is -3.22. The van der Waals surface area contributed by atoms with Crippen LogP contribution in [0.15, 0.2) is 43.0 Å². The van der Waals surface area contributed by atoms with Gasteiger partial charge in [0.1, 0.15) is 11.9 Å². The lowest BCUT2D eigenvalue weighted by atomic mass is 9.96. The molecule has 1 amide bonds. The van der Waals surface area contributed by atoms with Crippen LogP contribution in [0.4, 0.5) is 4.39 Å². The maximum Gasteiger partial charge on any atom is 0.246 e. The quantitative estimate of drug-likeness (QED) is 0.680. The number of hydrogen-bond donors (Lipinski definition) is 2. The SMILES string of the molecule is C=CC(=O)N1C[C@H](F)[C@H](c2[nH]c3nnc(-c4ccccc4O)cc3c2CC)C1. The highest BCUT2D eigenvalue weighted by molar-refractivity contribution is 5.88. The van der Waals surface area contributed by atoms with Crippen LogP contribution >= 0.6 is 0 Å². The fourth-order valence-electron chi connectivity index (χ4n) is 3.93. The van der Waals surface area contributed by atoms with Crippen LogP contribution in [-0.4, -0.2) is 50.4 Å². The first-order chi connectivity index (χ1) is 13.5. The van der Waals surface area contributed by atoms with Gasteiger partial charge in [0.15, 0.2) is 5.65 Å². The molecule has 2 N–H and O–H groups in total. The molecule has 1 fully saturated rings. The van der Waals surface area contributed by atoms with Crippen molar-refractivity contribution in [3.05, 3.63) is 54.2 Å². The summed E-state index contributed by atoms with van der Waals surface area (Å²) < 4.78 is 14.7. The largest absolute Gasteiger partial charge is 0.507 e. The van der Waals surface area contributed by atoms with Crippen molar-refractivity contribution in [3.63, 3.8) is 0 Å². The summed E-state index contributed by atoms with van der Waals surface area (Å²) in [5, 5.41) is 19.4. The predicted octanol–water partition coefficient (Wildman–Crippen LogP) is 3.34. The molecule has 3 aromatic rings. The Morgan fingerprint density at radius 3 is 2.89 bits per heavy atom. The number of nitrogens with one attached hydrogen (secondary N) is 1. The maximum absolute atomic E-state index is 14.7. The zero-order chi connectivity index (χ0) is 19.8. The number of benzene rings is 1. The van der Waals surface area contributed by atoms with Crippen molar-refractivity contribution in [2.24, 2.45) is 0 Å². The van der Waals surface area contributed by atoms with Gasteiger partial charge in [0.25, 0.3) is 0 Å². The number of amides is 1. The molecule has 3 heterocycles. The van der Waals surface area contributed by atoms with E-state index in [0.717, 1.165) is 16.6 Å². The van der Waals surface area contributed by atoms with E-state index in [1.165, 1.54) is 11.0 Å². The number of phenols is 1. The Kier molecular flexibility index (Phi) is 4.58. The van der Waals surface area contributed by atoms with Gasteiger partial charge in [0, 0.05) is 23.2 Å². The molecular formula is C21H21FN4O2. The number of carbonyl (C=O) groups is 1. The van der Waals surface area contributed by atoms with Crippen LogP contribution < -0.4 is 0 Å². The van der Waals surface area contributed by atoms with E-state index < -0.39 is 12.1 Å². The van der Waals surface area contributed by atoms with Crippen LogP contribution in [0.5, 0.6) is 5.75 Å². The summed E-state index contributed by atoms with van der Waals surface area (Å²) in [7, 11) is 0. The number of nitrogens with zero attached hydrogens (tertiary/aromatic N) is 3. The number of fused-ring (bicyclic) bond motifs is 1. The molecule has 0 saturated carbocycles. The Morgan fingerprint density at radius 1 is 1.39 bits per heavy atom. The normalized spacial score (nSPS) is 19.3. The average molecular weight is 380 g/mol. The topological polar surface area (TPSA) is 82.1 Å². The van der Waals surface area contributed by atoms with Gasteiger partial charge in [-0.25, -0.2) is 4.39 Å². The van der Waals surface area contributed by atoms with E-state index >= 15 is 0 Å². The maximum atomic E-state index is 14.7. The van der Waals surface area contributed by atoms with Crippen molar-refractivity contribution in [2.45, 2.75) is 25.4 Å². The fourth-order valence-corrected chi connectivity index (χ4v) is 3.93. The van der Waals surface area contributed by atoms with Crippen LogP contribution in [0.2, 0.25) is 0 Å². The monoisotopic (exact) mass is 380 g/mol. The number of hydrogen-bond acceptors (Lipinski definition) is 4. The van der Waals surface area contributed by atoms with Crippen molar-refractivity contribution >= 4 is 16.9 Å². The van der Waals surface area contributed by atoms with Crippen LogP contribution in [0, 0.1) is 0 Å². The van der Waals surface area contributed by atoms with Crippen molar-refractivity contribution in [2.75, 3.05) is 13.1 Å². The molecule has 144 valence electrons. The number of phenolic OH excluding ortho intramolecular Hbond substituents is 1. The average Bonchev–Trinajstić information content (AvgIpc) is 3.27. The van der Waals surface area contributed by atoms with Gasteiger partial charge in [-0.2, -0.15) is 0 Å². The molecule has 1 aliphatic rings. The molecule has 4 rings (SSSR count). The lowest BCUT2D eigenvalue weighted by Crippen LogP contribution is -2.27. The molecule has 0 unspecified atom stereocenters. The standard InChI is InChI=1S/C21H21FN4O2/c1-3-12-14-9-17(13-7-5-6-8-18(13)27)24-25-21(14)23-20(12)15-10-26(11-16(15)22)19(28)4-2/h4-9,15-16,27H,2-3,10-11H2,1H3,(H,23,25)/t15-,16+/m1/s1. The number of aromatic nitrogens is 3. The van der Waals surface area contributed by atoms with Crippen molar-refractivity contribution in [3.8, 4) is 17.0 Å². The van der Waals surface area contributed by atoms with Gasteiger partial charge in [-0.1, -0.05) is 25.6 Å². The van der Waals surface area contributed by atoms with E-state index in [2.05, 4.69) is 21.8 Å². The smallest absolute Gasteiger partial charge is 0.246 e. The zero-order valence-corrected chi connectivity index (χ0v) is 15.5. The number of aromatic amines is 1. The molecule has 0 aliphatic carbocycles. The molecule has 2 aromatic heterocycles. The highest BCUT2D eigenvalue weighted by atomic mass is 19.1. The zero-order valence-electron chi connectivity index (χ0n) is 15.5. The summed E-state index contributed by atoms with van der Waals surface area (Å²) in [6.45, 7) is 5.84. The van der Waals surface area contributed by atoms with Gasteiger partial charge in [-0.15, -0.1) is 10.2 Å². The number of carbonyl (C=O) groups excluding carboxylic acids is 1. The molecule has 7 heteroatoms. The summed E-state index contributed by atoms with van der Waals surface area (Å²) in [6, 6.07) is 8.81. The highest BCUT2D eigenvalue weighted by Crippen LogP contribution is 2.36. The van der Waals surface area contributed by atoms with E-state index in [9.17, 15) is 14.3 Å². The molecule has 2 atom stereocenters. The summed E-state index contributed by atoms with van der Waals surface area (Å²) in [5.41, 5.74) is 3.44. The Balaban J connectivity index is 1.78. The first-order valence-electron chi connectivity index (χ1n) is 9.25. The number of rotatable bonds is 4. The first kappa shape index (κ1) is 18.2. The molecule has 0 spiro atoms. The second-order valence-electron chi connectivity index (χ2n) is 6.95. The van der Waals surface area contributed by atoms with E-state index in [-0.39, 0.29) is 18.2 Å². The summed E-state index contributed by atoms with van der Waals surface area (Å²) in [5.74, 6) is -0.578. The van der Waals surface area contributed by atoms with E-state index in [1.54, 1.807) is 18.2 Å². The predicted molar refractivity (Wildman–Crippen MR) is 105 cm³/mol. The number of halogens is 1. The molecule has 0 bridgehead atoms. The summed E-state index contributed by atoms with van der Waals surface area (Å²) in [4.78, 5) is 16.6. The number of likely N-dealkylation sites (tertiary alicyclic amines) is 1. The van der Waals surface area contributed by atoms with Gasteiger partial charge in [-0.05, 0) is 36.3 Å². The van der Waals surface area contributed by atoms with E-state index in [0.29, 0.717) is 29.9 Å². The second-order valence-corrected chi connectivity index (χ2v) is 6.95. The molecule has 6 nitrogen and oxygen atoms in total. The number of aryl methyl sites for hydroxylation is 1. The minimum atomic E-state index is -1.16.